The minimum absolute atomic E-state index is 0.0552. The number of carbonyl (C=O) groups excluding carboxylic acids is 2. The highest BCUT2D eigenvalue weighted by Crippen LogP contribution is 2.45. The van der Waals surface area contributed by atoms with Gasteiger partial charge in [0, 0.05) is 29.7 Å². The summed E-state index contributed by atoms with van der Waals surface area (Å²) in [6, 6.07) is 16.9. The molecular formula is C26H25NO5. The zero-order chi connectivity index (χ0) is 22.7. The van der Waals surface area contributed by atoms with Gasteiger partial charge in [-0.2, -0.15) is 0 Å². The summed E-state index contributed by atoms with van der Waals surface area (Å²) < 4.78 is 17.3. The Balaban J connectivity index is 1.68. The number of rotatable bonds is 8. The Morgan fingerprint density at radius 1 is 0.938 bits per heavy atom. The van der Waals surface area contributed by atoms with Gasteiger partial charge in [0.05, 0.1) is 14.2 Å². The number of nitrogens with one attached hydrogen (secondary N) is 1. The van der Waals surface area contributed by atoms with Crippen LogP contribution in [-0.4, -0.2) is 25.9 Å². The first-order valence-corrected chi connectivity index (χ1v) is 10.5. The summed E-state index contributed by atoms with van der Waals surface area (Å²) in [7, 11) is 3.16. The van der Waals surface area contributed by atoms with Crippen LogP contribution in [-0.2, 0) is 13.2 Å². The maximum absolute atomic E-state index is 11.9. The summed E-state index contributed by atoms with van der Waals surface area (Å²) in [5, 5.41) is 2.84. The van der Waals surface area contributed by atoms with Crippen molar-refractivity contribution in [2.45, 2.75) is 26.5 Å². The summed E-state index contributed by atoms with van der Waals surface area (Å²) >= 11 is 0. The van der Waals surface area contributed by atoms with E-state index in [9.17, 15) is 9.59 Å². The van der Waals surface area contributed by atoms with E-state index in [-0.39, 0.29) is 11.7 Å². The van der Waals surface area contributed by atoms with Gasteiger partial charge >= 0.3 is 0 Å². The molecule has 3 aromatic rings. The standard InChI is InChI=1S/C26H25NO5/c1-4-22(28)17-7-5-16(6-8-17)15-32-24-20(11-12-23(30-2)25(24)31-3)18-9-10-21-19(13-18)14-27-26(21)29/h5-13H,4,14-15H2,1-3H3,(H,27,29). The van der Waals surface area contributed by atoms with Crippen molar-refractivity contribution in [2.24, 2.45) is 0 Å². The van der Waals surface area contributed by atoms with Gasteiger partial charge in [0.15, 0.2) is 17.3 Å². The van der Waals surface area contributed by atoms with Crippen molar-refractivity contribution in [3.8, 4) is 28.4 Å². The van der Waals surface area contributed by atoms with Gasteiger partial charge in [0.2, 0.25) is 5.75 Å². The molecule has 0 fully saturated rings. The summed E-state index contributed by atoms with van der Waals surface area (Å²) in [4.78, 5) is 23.8. The lowest BCUT2D eigenvalue weighted by molar-refractivity contribution is 0.0963. The number of ketones is 1. The quantitative estimate of drug-likeness (QED) is 0.520. The average Bonchev–Trinajstić information content (AvgIpc) is 3.21. The second-order valence-corrected chi connectivity index (χ2v) is 7.49. The van der Waals surface area contributed by atoms with Gasteiger partial charge in [-0.15, -0.1) is 0 Å². The number of hydrogen-bond acceptors (Lipinski definition) is 5. The third-order valence-corrected chi connectivity index (χ3v) is 5.58. The molecule has 1 aliphatic heterocycles. The monoisotopic (exact) mass is 431 g/mol. The zero-order valence-electron chi connectivity index (χ0n) is 18.4. The molecular weight excluding hydrogens is 406 g/mol. The van der Waals surface area contributed by atoms with E-state index in [1.54, 1.807) is 14.2 Å². The van der Waals surface area contributed by atoms with Crippen LogP contribution >= 0.6 is 0 Å². The fraction of sp³-hybridized carbons (Fsp3) is 0.231. The topological polar surface area (TPSA) is 73.9 Å². The third kappa shape index (κ3) is 4.04. The van der Waals surface area contributed by atoms with Crippen molar-refractivity contribution in [1.29, 1.82) is 0 Å². The molecule has 1 N–H and O–H groups in total. The predicted molar refractivity (Wildman–Crippen MR) is 122 cm³/mol. The smallest absolute Gasteiger partial charge is 0.251 e. The zero-order valence-corrected chi connectivity index (χ0v) is 18.4. The predicted octanol–water partition coefficient (Wildman–Crippen LogP) is 4.79. The lowest BCUT2D eigenvalue weighted by atomic mass is 9.99. The van der Waals surface area contributed by atoms with Crippen LogP contribution in [0.3, 0.4) is 0 Å². The molecule has 3 aromatic carbocycles. The fourth-order valence-corrected chi connectivity index (χ4v) is 3.82. The lowest BCUT2D eigenvalue weighted by Gasteiger charge is -2.18. The van der Waals surface area contributed by atoms with E-state index in [0.717, 1.165) is 22.3 Å². The summed E-state index contributed by atoms with van der Waals surface area (Å²) in [6.45, 7) is 2.65. The van der Waals surface area contributed by atoms with Crippen LogP contribution in [0.2, 0.25) is 0 Å². The maximum atomic E-state index is 11.9. The van der Waals surface area contributed by atoms with Gasteiger partial charge in [-0.05, 0) is 41.0 Å². The van der Waals surface area contributed by atoms with Crippen LogP contribution in [0.15, 0.2) is 54.6 Å². The van der Waals surface area contributed by atoms with E-state index in [2.05, 4.69) is 5.32 Å². The van der Waals surface area contributed by atoms with Crippen LogP contribution in [0.5, 0.6) is 17.2 Å². The Morgan fingerprint density at radius 3 is 2.38 bits per heavy atom. The van der Waals surface area contributed by atoms with Crippen LogP contribution in [0, 0.1) is 0 Å². The number of hydrogen-bond donors (Lipinski definition) is 1. The molecule has 0 atom stereocenters. The molecule has 6 nitrogen and oxygen atoms in total. The second kappa shape index (κ2) is 9.14. The minimum atomic E-state index is -0.0552. The van der Waals surface area contributed by atoms with Crippen molar-refractivity contribution in [3.63, 3.8) is 0 Å². The van der Waals surface area contributed by atoms with E-state index < -0.39 is 0 Å². The van der Waals surface area contributed by atoms with Crippen molar-refractivity contribution >= 4 is 11.7 Å². The first-order valence-electron chi connectivity index (χ1n) is 10.5. The molecule has 0 saturated carbocycles. The number of carbonyl (C=O) groups is 2. The molecule has 0 saturated heterocycles. The number of ether oxygens (including phenoxy) is 3. The number of amides is 1. The van der Waals surface area contributed by atoms with E-state index >= 15 is 0 Å². The van der Waals surface area contributed by atoms with Crippen LogP contribution in [0.1, 0.15) is 45.2 Å². The molecule has 6 heteroatoms. The largest absolute Gasteiger partial charge is 0.493 e. The Bertz CT molecular complexity index is 1170. The van der Waals surface area contributed by atoms with Gasteiger partial charge in [0.1, 0.15) is 6.61 Å². The van der Waals surface area contributed by atoms with E-state index in [1.165, 1.54) is 0 Å². The van der Waals surface area contributed by atoms with Crippen LogP contribution < -0.4 is 19.5 Å². The van der Waals surface area contributed by atoms with Crippen molar-refractivity contribution in [2.75, 3.05) is 14.2 Å². The summed E-state index contributed by atoms with van der Waals surface area (Å²) in [5.74, 6) is 1.67. The molecule has 0 spiro atoms. The molecule has 0 radical (unpaired) electrons. The lowest BCUT2D eigenvalue weighted by Crippen LogP contribution is -2.12. The molecule has 1 amide bonds. The van der Waals surface area contributed by atoms with Crippen molar-refractivity contribution in [3.05, 3.63) is 76.9 Å². The molecule has 0 aliphatic carbocycles. The normalized spacial score (nSPS) is 12.2. The molecule has 164 valence electrons. The number of Topliss-reactive ketones (excluding diaryl/α,β-unsaturated/α-hetero) is 1. The SMILES string of the molecule is CCC(=O)c1ccc(COc2c(-c3ccc4c(c3)CNC4=O)ccc(OC)c2OC)cc1. The van der Waals surface area contributed by atoms with Gasteiger partial charge < -0.3 is 19.5 Å². The fourth-order valence-electron chi connectivity index (χ4n) is 3.82. The Hall–Kier alpha value is -3.80. The Kier molecular flexibility index (Phi) is 6.12. The first kappa shape index (κ1) is 21.4. The average molecular weight is 431 g/mol. The summed E-state index contributed by atoms with van der Waals surface area (Å²) in [5.41, 5.74) is 5.01. The Labute approximate surface area is 187 Å². The molecule has 1 aliphatic rings. The molecule has 0 aromatic heterocycles. The van der Waals surface area contributed by atoms with Gasteiger partial charge in [-0.1, -0.05) is 37.3 Å². The molecule has 32 heavy (non-hydrogen) atoms. The van der Waals surface area contributed by atoms with Gasteiger partial charge in [-0.3, -0.25) is 9.59 Å². The Morgan fingerprint density at radius 2 is 1.69 bits per heavy atom. The van der Waals surface area contributed by atoms with Crippen molar-refractivity contribution < 1.29 is 23.8 Å². The van der Waals surface area contributed by atoms with Gasteiger partial charge in [-0.25, -0.2) is 0 Å². The maximum Gasteiger partial charge on any atom is 0.251 e. The van der Waals surface area contributed by atoms with E-state index in [0.29, 0.717) is 47.9 Å². The number of benzene rings is 3. The van der Waals surface area contributed by atoms with Crippen molar-refractivity contribution in [1.82, 2.24) is 5.32 Å². The molecule has 0 unspecified atom stereocenters. The molecule has 4 rings (SSSR count). The first-order chi connectivity index (χ1) is 15.5. The summed E-state index contributed by atoms with van der Waals surface area (Å²) in [6.07, 6.45) is 0.474. The highest BCUT2D eigenvalue weighted by atomic mass is 16.5. The molecule has 1 heterocycles. The van der Waals surface area contributed by atoms with E-state index in [1.807, 2.05) is 61.5 Å². The second-order valence-electron chi connectivity index (χ2n) is 7.49. The van der Waals surface area contributed by atoms with E-state index in [4.69, 9.17) is 14.2 Å². The number of fused-ring (bicyclic) bond motifs is 1. The minimum Gasteiger partial charge on any atom is -0.493 e. The molecule has 0 bridgehead atoms. The third-order valence-electron chi connectivity index (χ3n) is 5.58. The number of methoxy groups -OCH3 is 2. The van der Waals surface area contributed by atoms with Crippen LogP contribution in [0.4, 0.5) is 0 Å². The highest BCUT2D eigenvalue weighted by Gasteiger charge is 2.22. The highest BCUT2D eigenvalue weighted by molar-refractivity contribution is 5.99. The van der Waals surface area contributed by atoms with Gasteiger partial charge in [0.25, 0.3) is 5.91 Å². The van der Waals surface area contributed by atoms with Crippen LogP contribution in [0.25, 0.3) is 11.1 Å².